The van der Waals surface area contributed by atoms with Gasteiger partial charge in [0.2, 0.25) is 5.95 Å². The SMILES string of the molecule is Cn1nc(C(C)(C)C)cc1Cn1cnc(N2CCN(c3ccc(F)cc3)CC2)n1. The number of aromatic nitrogens is 5. The highest BCUT2D eigenvalue weighted by Gasteiger charge is 2.21. The number of aryl methyl sites for hydroxylation is 1. The Labute approximate surface area is 170 Å². The molecule has 1 fully saturated rings. The van der Waals surface area contributed by atoms with Crippen molar-refractivity contribution in [1.82, 2.24) is 24.5 Å². The van der Waals surface area contributed by atoms with Gasteiger partial charge in [0.05, 0.1) is 17.9 Å². The third kappa shape index (κ3) is 4.26. The Bertz CT molecular complexity index is 960. The number of nitrogens with zero attached hydrogens (tertiary/aromatic N) is 7. The van der Waals surface area contributed by atoms with Gasteiger partial charge in [-0.3, -0.25) is 4.68 Å². The van der Waals surface area contributed by atoms with Gasteiger partial charge < -0.3 is 9.80 Å². The van der Waals surface area contributed by atoms with E-state index in [0.29, 0.717) is 6.54 Å². The molecule has 3 heterocycles. The molecular formula is C21H28FN7. The third-order valence-corrected chi connectivity index (χ3v) is 5.35. The Morgan fingerprint density at radius 3 is 2.24 bits per heavy atom. The lowest BCUT2D eigenvalue weighted by atomic mass is 9.92. The van der Waals surface area contributed by atoms with Gasteiger partial charge in [-0.15, -0.1) is 5.10 Å². The van der Waals surface area contributed by atoms with E-state index >= 15 is 0 Å². The zero-order valence-electron chi connectivity index (χ0n) is 17.5. The van der Waals surface area contributed by atoms with Crippen molar-refractivity contribution < 1.29 is 4.39 Å². The first kappa shape index (κ1) is 19.4. The van der Waals surface area contributed by atoms with E-state index in [9.17, 15) is 4.39 Å². The maximum absolute atomic E-state index is 13.1. The lowest BCUT2D eigenvalue weighted by Gasteiger charge is -2.35. The predicted octanol–water partition coefficient (Wildman–Crippen LogP) is 2.82. The molecule has 4 rings (SSSR count). The van der Waals surface area contributed by atoms with Crippen molar-refractivity contribution in [2.75, 3.05) is 36.0 Å². The van der Waals surface area contributed by atoms with Crippen LogP contribution in [0.5, 0.6) is 0 Å². The van der Waals surface area contributed by atoms with Crippen LogP contribution in [0.3, 0.4) is 0 Å². The molecule has 1 aliphatic heterocycles. The Hall–Kier alpha value is -2.90. The first-order valence-electron chi connectivity index (χ1n) is 9.98. The van der Waals surface area contributed by atoms with Gasteiger partial charge >= 0.3 is 0 Å². The molecule has 2 aromatic heterocycles. The van der Waals surface area contributed by atoms with Crippen molar-refractivity contribution in [3.8, 4) is 0 Å². The molecule has 0 unspecified atom stereocenters. The van der Waals surface area contributed by atoms with Gasteiger partial charge in [0.1, 0.15) is 12.1 Å². The summed E-state index contributed by atoms with van der Waals surface area (Å²) >= 11 is 0. The lowest BCUT2D eigenvalue weighted by molar-refractivity contribution is 0.548. The van der Waals surface area contributed by atoms with Gasteiger partial charge in [-0.05, 0) is 30.3 Å². The highest BCUT2D eigenvalue weighted by molar-refractivity contribution is 5.48. The Kier molecular flexibility index (Phi) is 5.02. The largest absolute Gasteiger partial charge is 0.368 e. The normalized spacial score (nSPS) is 15.2. The minimum atomic E-state index is -0.204. The first-order valence-corrected chi connectivity index (χ1v) is 9.98. The molecule has 0 saturated carbocycles. The van der Waals surface area contributed by atoms with Crippen LogP contribution in [0.15, 0.2) is 36.7 Å². The van der Waals surface area contributed by atoms with Crippen molar-refractivity contribution in [1.29, 1.82) is 0 Å². The minimum absolute atomic E-state index is 0.0216. The monoisotopic (exact) mass is 397 g/mol. The Morgan fingerprint density at radius 1 is 0.966 bits per heavy atom. The molecular weight excluding hydrogens is 369 g/mol. The summed E-state index contributed by atoms with van der Waals surface area (Å²) in [4.78, 5) is 8.97. The van der Waals surface area contributed by atoms with E-state index in [1.54, 1.807) is 6.33 Å². The Balaban J connectivity index is 1.39. The molecule has 0 atom stereocenters. The molecule has 7 nitrogen and oxygen atoms in total. The van der Waals surface area contributed by atoms with Crippen molar-refractivity contribution in [3.63, 3.8) is 0 Å². The topological polar surface area (TPSA) is 55.0 Å². The summed E-state index contributed by atoms with van der Waals surface area (Å²) < 4.78 is 16.9. The van der Waals surface area contributed by atoms with E-state index < -0.39 is 0 Å². The summed E-state index contributed by atoms with van der Waals surface area (Å²) in [5.74, 6) is 0.548. The number of halogens is 1. The van der Waals surface area contributed by atoms with Gasteiger partial charge in [0, 0.05) is 44.3 Å². The average Bonchev–Trinajstić information content (AvgIpc) is 3.30. The van der Waals surface area contributed by atoms with Gasteiger partial charge in [0.25, 0.3) is 0 Å². The third-order valence-electron chi connectivity index (χ3n) is 5.35. The van der Waals surface area contributed by atoms with Gasteiger partial charge in [-0.25, -0.2) is 14.1 Å². The molecule has 0 aliphatic carbocycles. The van der Waals surface area contributed by atoms with E-state index in [0.717, 1.165) is 49.2 Å². The average molecular weight is 398 g/mol. The minimum Gasteiger partial charge on any atom is -0.368 e. The van der Waals surface area contributed by atoms with Crippen LogP contribution in [0.4, 0.5) is 16.0 Å². The number of piperazine rings is 1. The molecule has 154 valence electrons. The van der Waals surface area contributed by atoms with Crippen molar-refractivity contribution in [2.45, 2.75) is 32.7 Å². The van der Waals surface area contributed by atoms with E-state index in [-0.39, 0.29) is 11.2 Å². The van der Waals surface area contributed by atoms with Gasteiger partial charge in [-0.2, -0.15) is 5.10 Å². The Morgan fingerprint density at radius 2 is 1.62 bits per heavy atom. The van der Waals surface area contributed by atoms with Crippen LogP contribution in [-0.4, -0.2) is 50.7 Å². The lowest BCUT2D eigenvalue weighted by Crippen LogP contribution is -2.47. The van der Waals surface area contributed by atoms with E-state index in [1.165, 1.54) is 12.1 Å². The molecule has 1 aliphatic rings. The second-order valence-electron chi connectivity index (χ2n) is 8.59. The smallest absolute Gasteiger partial charge is 0.244 e. The van der Waals surface area contributed by atoms with Crippen molar-refractivity contribution in [3.05, 3.63) is 53.9 Å². The second-order valence-corrected chi connectivity index (χ2v) is 8.59. The van der Waals surface area contributed by atoms with Crippen LogP contribution in [0.2, 0.25) is 0 Å². The molecule has 29 heavy (non-hydrogen) atoms. The number of anilines is 2. The van der Waals surface area contributed by atoms with Crippen LogP contribution in [0.25, 0.3) is 0 Å². The fourth-order valence-corrected chi connectivity index (χ4v) is 3.51. The highest BCUT2D eigenvalue weighted by atomic mass is 19.1. The van der Waals surface area contributed by atoms with Gasteiger partial charge in [0.15, 0.2) is 0 Å². The summed E-state index contributed by atoms with van der Waals surface area (Å²) in [6, 6.07) is 8.82. The predicted molar refractivity (Wildman–Crippen MR) is 112 cm³/mol. The van der Waals surface area contributed by atoms with Crippen molar-refractivity contribution >= 4 is 11.6 Å². The molecule has 8 heteroatoms. The van der Waals surface area contributed by atoms with Gasteiger partial charge in [-0.1, -0.05) is 20.8 Å². The summed E-state index contributed by atoms with van der Waals surface area (Å²) in [6.07, 6.45) is 1.78. The fraction of sp³-hybridized carbons (Fsp3) is 0.476. The second kappa shape index (κ2) is 7.50. The summed E-state index contributed by atoms with van der Waals surface area (Å²) in [7, 11) is 1.97. The first-order chi connectivity index (χ1) is 13.8. The zero-order chi connectivity index (χ0) is 20.6. The molecule has 1 aromatic carbocycles. The molecule has 0 radical (unpaired) electrons. The standard InChI is InChI=1S/C21H28FN7/c1-21(2,3)19-13-18(26(4)24-19)14-29-15-23-20(25-29)28-11-9-27(10-12-28)17-7-5-16(22)6-8-17/h5-8,13,15H,9-12,14H2,1-4H3. The zero-order valence-corrected chi connectivity index (χ0v) is 17.5. The summed E-state index contributed by atoms with van der Waals surface area (Å²) in [5, 5.41) is 9.31. The van der Waals surface area contributed by atoms with Crippen LogP contribution < -0.4 is 9.80 Å². The molecule has 0 N–H and O–H groups in total. The number of rotatable bonds is 4. The quantitative estimate of drug-likeness (QED) is 0.678. The van der Waals surface area contributed by atoms with E-state index in [2.05, 4.69) is 51.8 Å². The van der Waals surface area contributed by atoms with Crippen LogP contribution >= 0.6 is 0 Å². The number of benzene rings is 1. The molecule has 0 amide bonds. The van der Waals surface area contributed by atoms with Crippen LogP contribution in [0.1, 0.15) is 32.2 Å². The maximum Gasteiger partial charge on any atom is 0.244 e. The summed E-state index contributed by atoms with van der Waals surface area (Å²) in [6.45, 7) is 10.5. The molecule has 0 bridgehead atoms. The number of hydrogen-bond acceptors (Lipinski definition) is 5. The molecule has 1 saturated heterocycles. The molecule has 3 aromatic rings. The van der Waals surface area contributed by atoms with E-state index in [4.69, 9.17) is 0 Å². The van der Waals surface area contributed by atoms with E-state index in [1.807, 2.05) is 28.5 Å². The van der Waals surface area contributed by atoms with Crippen LogP contribution in [-0.2, 0) is 19.0 Å². The maximum atomic E-state index is 13.1. The molecule has 0 spiro atoms. The summed E-state index contributed by atoms with van der Waals surface area (Å²) in [5.41, 5.74) is 3.25. The number of hydrogen-bond donors (Lipinski definition) is 0. The highest BCUT2D eigenvalue weighted by Crippen LogP contribution is 2.22. The fourth-order valence-electron chi connectivity index (χ4n) is 3.51. The van der Waals surface area contributed by atoms with Crippen LogP contribution in [0, 0.1) is 5.82 Å². The van der Waals surface area contributed by atoms with Crippen molar-refractivity contribution in [2.24, 2.45) is 7.05 Å².